The number of hydrogen-bond donors (Lipinski definition) is 4. The Kier molecular flexibility index (Phi) is 10.7. The molecule has 9 nitrogen and oxygen atoms in total. The van der Waals surface area contributed by atoms with Crippen molar-refractivity contribution in [3.63, 3.8) is 0 Å². The predicted octanol–water partition coefficient (Wildman–Crippen LogP) is 0.927. The Balaban J connectivity index is 1.69. The molecule has 1 heterocycles. The number of nitrogens with one attached hydrogen (secondary N) is 1. The topological polar surface area (TPSA) is 157 Å². The summed E-state index contributed by atoms with van der Waals surface area (Å²) in [7, 11) is 0. The minimum absolute atomic E-state index is 0.118. The lowest BCUT2D eigenvalue weighted by Gasteiger charge is -2.24. The van der Waals surface area contributed by atoms with Gasteiger partial charge in [0.25, 0.3) is 0 Å². The van der Waals surface area contributed by atoms with Gasteiger partial charge in [-0.05, 0) is 36.1 Å². The van der Waals surface area contributed by atoms with Crippen molar-refractivity contribution in [3.05, 3.63) is 78.0 Å². The fourth-order valence-electron chi connectivity index (χ4n) is 4.17. The predicted molar refractivity (Wildman–Crippen MR) is 144 cm³/mol. The second-order valence-corrected chi connectivity index (χ2v) is 9.03. The molecule has 0 saturated carbocycles. The van der Waals surface area contributed by atoms with Gasteiger partial charge in [-0.2, -0.15) is 0 Å². The van der Waals surface area contributed by atoms with Crippen molar-refractivity contribution in [2.45, 2.75) is 37.8 Å². The fourth-order valence-corrected chi connectivity index (χ4v) is 4.17. The average molecular weight is 505 g/mol. The van der Waals surface area contributed by atoms with Crippen molar-refractivity contribution in [2.75, 3.05) is 26.2 Å². The van der Waals surface area contributed by atoms with E-state index in [-0.39, 0.29) is 37.6 Å². The summed E-state index contributed by atoms with van der Waals surface area (Å²) in [6.07, 6.45) is 2.61. The van der Waals surface area contributed by atoms with Gasteiger partial charge < -0.3 is 27.4 Å². The number of benzene rings is 2. The molecule has 9 heteroatoms. The molecule has 3 aromatic rings. The Labute approximate surface area is 217 Å². The minimum Gasteiger partial charge on any atom is -0.345 e. The molecule has 2 atom stereocenters. The van der Waals surface area contributed by atoms with Gasteiger partial charge in [0.2, 0.25) is 11.8 Å². The molecule has 2 amide bonds. The van der Waals surface area contributed by atoms with Gasteiger partial charge in [0.15, 0.2) is 5.78 Å². The molecular weight excluding hydrogens is 468 g/mol. The van der Waals surface area contributed by atoms with Crippen LogP contribution in [0.15, 0.2) is 66.9 Å². The van der Waals surface area contributed by atoms with E-state index in [0.717, 1.165) is 22.0 Å². The number of carbonyl (C=O) groups is 3. The van der Waals surface area contributed by atoms with Crippen LogP contribution >= 0.6 is 0 Å². The zero-order valence-electron chi connectivity index (χ0n) is 21.0. The van der Waals surface area contributed by atoms with Crippen LogP contribution in [0.25, 0.3) is 10.9 Å². The minimum atomic E-state index is -1.10. The number of nitrogens with zero attached hydrogens (tertiary/aromatic N) is 2. The highest BCUT2D eigenvalue weighted by atomic mass is 16.2. The smallest absolute Gasteiger partial charge is 0.238 e. The van der Waals surface area contributed by atoms with Gasteiger partial charge in [0.1, 0.15) is 0 Å². The maximum Gasteiger partial charge on any atom is 0.238 e. The van der Waals surface area contributed by atoms with Gasteiger partial charge in [-0.15, -0.1) is 0 Å². The number of amides is 2. The lowest BCUT2D eigenvalue weighted by molar-refractivity contribution is -0.134. The number of ketones is 1. The summed E-state index contributed by atoms with van der Waals surface area (Å²) in [6, 6.07) is 17.5. The van der Waals surface area contributed by atoms with Crippen LogP contribution in [0.5, 0.6) is 0 Å². The molecule has 0 bridgehead atoms. The van der Waals surface area contributed by atoms with E-state index >= 15 is 0 Å². The van der Waals surface area contributed by atoms with E-state index in [4.69, 9.17) is 17.2 Å². The molecule has 0 unspecified atom stereocenters. The van der Waals surface area contributed by atoms with E-state index in [1.807, 2.05) is 60.7 Å². The third-order valence-electron chi connectivity index (χ3n) is 6.18. The quantitative estimate of drug-likeness (QED) is 0.254. The van der Waals surface area contributed by atoms with Gasteiger partial charge in [0.05, 0.1) is 24.0 Å². The Morgan fingerprint density at radius 2 is 1.59 bits per heavy atom. The van der Waals surface area contributed by atoms with Crippen LogP contribution in [0, 0.1) is 0 Å². The molecule has 3 rings (SSSR count). The normalized spacial score (nSPS) is 12.6. The number of hydrogen-bond acceptors (Lipinski definition) is 7. The number of para-hydroxylation sites is 1. The van der Waals surface area contributed by atoms with Gasteiger partial charge in [0, 0.05) is 44.2 Å². The van der Waals surface area contributed by atoms with Crippen LogP contribution in [-0.2, 0) is 27.2 Å². The van der Waals surface area contributed by atoms with E-state index < -0.39 is 18.0 Å². The third kappa shape index (κ3) is 8.45. The lowest BCUT2D eigenvalue weighted by Crippen LogP contribution is -2.51. The maximum atomic E-state index is 13.3. The first-order valence-corrected chi connectivity index (χ1v) is 12.6. The number of aromatic nitrogens is 1. The molecular formula is C28H36N6O3. The van der Waals surface area contributed by atoms with Gasteiger partial charge in [-0.3, -0.25) is 19.4 Å². The summed E-state index contributed by atoms with van der Waals surface area (Å²) in [5, 5.41) is 3.74. The van der Waals surface area contributed by atoms with Crippen LogP contribution in [0.2, 0.25) is 0 Å². The highest BCUT2D eigenvalue weighted by Crippen LogP contribution is 2.15. The van der Waals surface area contributed by atoms with Crippen LogP contribution < -0.4 is 22.5 Å². The van der Waals surface area contributed by atoms with Crippen LogP contribution in [0.4, 0.5) is 0 Å². The molecule has 196 valence electrons. The van der Waals surface area contributed by atoms with Gasteiger partial charge in [-0.25, -0.2) is 0 Å². The zero-order valence-corrected chi connectivity index (χ0v) is 21.0. The average Bonchev–Trinajstić information content (AvgIpc) is 2.91. The summed E-state index contributed by atoms with van der Waals surface area (Å²) in [5.41, 5.74) is 19.9. The molecule has 0 fully saturated rings. The number of pyridine rings is 1. The molecule has 0 radical (unpaired) electrons. The summed E-state index contributed by atoms with van der Waals surface area (Å²) < 4.78 is 0. The lowest BCUT2D eigenvalue weighted by atomic mass is 9.97. The van der Waals surface area contributed by atoms with Crippen molar-refractivity contribution in [1.29, 1.82) is 0 Å². The first-order valence-electron chi connectivity index (χ1n) is 12.6. The number of carbonyl (C=O) groups excluding carboxylic acids is 3. The Hall–Kier alpha value is -3.66. The molecule has 0 aliphatic carbocycles. The van der Waals surface area contributed by atoms with E-state index in [1.54, 1.807) is 6.20 Å². The first-order chi connectivity index (χ1) is 17.9. The van der Waals surface area contributed by atoms with Crippen molar-refractivity contribution in [3.8, 4) is 0 Å². The number of Topliss-reactive ketones (excluding diaryl/α,β-unsaturated/α-hetero) is 1. The van der Waals surface area contributed by atoms with E-state index in [9.17, 15) is 14.4 Å². The number of nitrogens with two attached hydrogens (primary N) is 3. The Morgan fingerprint density at radius 3 is 2.30 bits per heavy atom. The third-order valence-corrected chi connectivity index (χ3v) is 6.18. The highest BCUT2D eigenvalue weighted by Gasteiger charge is 2.26. The van der Waals surface area contributed by atoms with Crippen molar-refractivity contribution < 1.29 is 14.4 Å². The summed E-state index contributed by atoms with van der Waals surface area (Å²) in [6.45, 7) is 1.24. The van der Waals surface area contributed by atoms with Crippen molar-refractivity contribution in [1.82, 2.24) is 15.2 Å². The maximum absolute atomic E-state index is 13.3. The van der Waals surface area contributed by atoms with E-state index in [0.29, 0.717) is 25.9 Å². The second kappa shape index (κ2) is 14.2. The fraction of sp³-hybridized carbons (Fsp3) is 0.357. The molecule has 2 aromatic carbocycles. The van der Waals surface area contributed by atoms with Gasteiger partial charge >= 0.3 is 0 Å². The monoisotopic (exact) mass is 504 g/mol. The number of fused-ring (bicyclic) bond motifs is 1. The Morgan fingerprint density at radius 1 is 0.919 bits per heavy atom. The zero-order chi connectivity index (χ0) is 26.6. The highest BCUT2D eigenvalue weighted by molar-refractivity contribution is 5.94. The molecule has 0 spiro atoms. The molecule has 0 aliphatic rings. The van der Waals surface area contributed by atoms with E-state index in [1.165, 1.54) is 4.90 Å². The molecule has 7 N–H and O–H groups in total. The van der Waals surface area contributed by atoms with E-state index in [2.05, 4.69) is 10.3 Å². The molecule has 0 aliphatic heterocycles. The summed E-state index contributed by atoms with van der Waals surface area (Å²) >= 11 is 0. The first kappa shape index (κ1) is 27.9. The second-order valence-electron chi connectivity index (χ2n) is 9.03. The summed E-state index contributed by atoms with van der Waals surface area (Å²) in [5.74, 6) is -0.988. The molecule has 1 aromatic heterocycles. The van der Waals surface area contributed by atoms with Crippen LogP contribution in [-0.4, -0.2) is 65.7 Å². The molecule has 37 heavy (non-hydrogen) atoms. The van der Waals surface area contributed by atoms with Crippen molar-refractivity contribution >= 4 is 28.5 Å². The van der Waals surface area contributed by atoms with Crippen LogP contribution in [0.1, 0.15) is 24.0 Å². The van der Waals surface area contributed by atoms with Gasteiger partial charge in [-0.1, -0.05) is 48.5 Å². The molecule has 0 saturated heterocycles. The van der Waals surface area contributed by atoms with Crippen LogP contribution in [0.3, 0.4) is 0 Å². The standard InChI is InChI=1S/C28H36N6O3/c29-12-14-34(15-13-30)27(36)18-23(31)28(37)33-25(11-10-20-6-2-1-3-7-20)26(35)17-21-16-22-8-4-5-9-24(22)32-19-21/h1-9,16,19,23,25H,10-15,17-18,29-31H2,(H,33,37)/t23-,25-/m1/s1. The summed E-state index contributed by atoms with van der Waals surface area (Å²) in [4.78, 5) is 44.8. The number of rotatable bonds is 14. The SMILES string of the molecule is NCCN(CCN)C(=O)C[C@@H](N)C(=O)N[C@H](CCc1ccccc1)C(=O)Cc1cnc2ccccc2c1. The Bertz CT molecular complexity index is 1180. The largest absolute Gasteiger partial charge is 0.345 e. The van der Waals surface area contributed by atoms with Crippen molar-refractivity contribution in [2.24, 2.45) is 17.2 Å². The number of aryl methyl sites for hydroxylation is 1.